The zero-order valence-electron chi connectivity index (χ0n) is 13.5. The second-order valence-electron chi connectivity index (χ2n) is 5.82. The van der Waals surface area contributed by atoms with Gasteiger partial charge < -0.3 is 14.8 Å². The normalized spacial score (nSPS) is 12.5. The molecule has 3 nitrogen and oxygen atoms in total. The second kappa shape index (κ2) is 8.85. The Hall–Kier alpha value is -1.22. The van der Waals surface area contributed by atoms with Gasteiger partial charge in [-0.05, 0) is 24.4 Å². The van der Waals surface area contributed by atoms with Gasteiger partial charge in [-0.25, -0.2) is 0 Å². The Kier molecular flexibility index (Phi) is 7.45. The summed E-state index contributed by atoms with van der Waals surface area (Å²) < 4.78 is 11.3. The highest BCUT2D eigenvalue weighted by molar-refractivity contribution is 5.40. The van der Waals surface area contributed by atoms with E-state index in [1.807, 2.05) is 12.1 Å². The number of rotatable bonds is 9. The van der Waals surface area contributed by atoms with Crippen molar-refractivity contribution in [1.82, 2.24) is 5.32 Å². The fourth-order valence-electron chi connectivity index (χ4n) is 1.79. The molecule has 1 atom stereocenters. The van der Waals surface area contributed by atoms with E-state index in [2.05, 4.69) is 39.1 Å². The summed E-state index contributed by atoms with van der Waals surface area (Å²) >= 11 is 0. The molecule has 1 aromatic carbocycles. The molecular formula is C17H29NO2. The molecule has 20 heavy (non-hydrogen) atoms. The lowest BCUT2D eigenvalue weighted by Gasteiger charge is -2.16. The molecule has 0 saturated carbocycles. The molecule has 0 fully saturated rings. The highest BCUT2D eigenvalue weighted by Gasteiger charge is 2.08. The smallest absolute Gasteiger partial charge is 0.127 e. The standard InChI is InChI=1S/C17H29NO2/c1-6-14(4)12-20-17-9-16(19-5)8-7-15(17)11-18-10-13(2)3/h7-9,13-14,18H,6,10-12H2,1-5H3. The molecular weight excluding hydrogens is 250 g/mol. The van der Waals surface area contributed by atoms with E-state index in [1.54, 1.807) is 7.11 Å². The lowest BCUT2D eigenvalue weighted by molar-refractivity contribution is 0.252. The van der Waals surface area contributed by atoms with Gasteiger partial charge in [0.05, 0.1) is 13.7 Å². The maximum atomic E-state index is 5.97. The minimum absolute atomic E-state index is 0.567. The van der Waals surface area contributed by atoms with Crippen molar-refractivity contribution in [2.75, 3.05) is 20.3 Å². The number of benzene rings is 1. The quantitative estimate of drug-likeness (QED) is 0.744. The van der Waals surface area contributed by atoms with Crippen LogP contribution in [0.25, 0.3) is 0 Å². The van der Waals surface area contributed by atoms with Crippen LogP contribution in [-0.2, 0) is 6.54 Å². The van der Waals surface area contributed by atoms with Gasteiger partial charge in [0, 0.05) is 18.2 Å². The summed E-state index contributed by atoms with van der Waals surface area (Å²) in [6.45, 7) is 11.4. The lowest BCUT2D eigenvalue weighted by atomic mass is 10.1. The third-order valence-electron chi connectivity index (χ3n) is 3.36. The van der Waals surface area contributed by atoms with Crippen molar-refractivity contribution in [2.45, 2.75) is 40.7 Å². The van der Waals surface area contributed by atoms with Crippen molar-refractivity contribution in [3.8, 4) is 11.5 Å². The van der Waals surface area contributed by atoms with Gasteiger partial charge in [-0.2, -0.15) is 0 Å². The summed E-state index contributed by atoms with van der Waals surface area (Å²) in [6, 6.07) is 6.05. The van der Waals surface area contributed by atoms with Crippen LogP contribution >= 0.6 is 0 Å². The monoisotopic (exact) mass is 279 g/mol. The molecule has 0 aliphatic carbocycles. The summed E-state index contributed by atoms with van der Waals surface area (Å²) in [5, 5.41) is 3.46. The van der Waals surface area contributed by atoms with E-state index in [1.165, 1.54) is 5.56 Å². The molecule has 0 heterocycles. The van der Waals surface area contributed by atoms with E-state index in [4.69, 9.17) is 9.47 Å². The van der Waals surface area contributed by atoms with Crippen molar-refractivity contribution < 1.29 is 9.47 Å². The molecule has 1 N–H and O–H groups in total. The van der Waals surface area contributed by atoms with Crippen molar-refractivity contribution in [3.05, 3.63) is 23.8 Å². The first-order valence-electron chi connectivity index (χ1n) is 7.57. The van der Waals surface area contributed by atoms with Crippen LogP contribution in [0, 0.1) is 11.8 Å². The lowest BCUT2D eigenvalue weighted by Crippen LogP contribution is -2.19. The molecule has 0 radical (unpaired) electrons. The van der Waals surface area contributed by atoms with Gasteiger partial charge in [0.25, 0.3) is 0 Å². The molecule has 1 aromatic rings. The highest BCUT2D eigenvalue weighted by atomic mass is 16.5. The van der Waals surface area contributed by atoms with E-state index in [9.17, 15) is 0 Å². The Bertz CT molecular complexity index is 391. The first kappa shape index (κ1) is 16.8. The molecule has 1 unspecified atom stereocenters. The van der Waals surface area contributed by atoms with Gasteiger partial charge in [-0.3, -0.25) is 0 Å². The minimum Gasteiger partial charge on any atom is -0.497 e. The maximum Gasteiger partial charge on any atom is 0.127 e. The summed E-state index contributed by atoms with van der Waals surface area (Å²) in [6.07, 6.45) is 1.13. The summed E-state index contributed by atoms with van der Waals surface area (Å²) in [5.41, 5.74) is 1.19. The predicted molar refractivity (Wildman–Crippen MR) is 84.5 cm³/mol. The number of nitrogens with one attached hydrogen (secondary N) is 1. The largest absolute Gasteiger partial charge is 0.497 e. The third-order valence-corrected chi connectivity index (χ3v) is 3.36. The molecule has 0 amide bonds. The van der Waals surface area contributed by atoms with Gasteiger partial charge in [-0.15, -0.1) is 0 Å². The van der Waals surface area contributed by atoms with Crippen molar-refractivity contribution in [1.29, 1.82) is 0 Å². The Balaban J connectivity index is 2.70. The minimum atomic E-state index is 0.567. The van der Waals surface area contributed by atoms with Crippen LogP contribution in [0.5, 0.6) is 11.5 Å². The summed E-state index contributed by atoms with van der Waals surface area (Å²) in [5.74, 6) is 2.99. The molecule has 0 aliphatic rings. The molecule has 0 bridgehead atoms. The van der Waals surface area contributed by atoms with Crippen LogP contribution in [0.3, 0.4) is 0 Å². The van der Waals surface area contributed by atoms with E-state index >= 15 is 0 Å². The molecule has 114 valence electrons. The number of hydrogen-bond acceptors (Lipinski definition) is 3. The summed E-state index contributed by atoms with van der Waals surface area (Å²) in [4.78, 5) is 0. The third kappa shape index (κ3) is 5.83. The fourth-order valence-corrected chi connectivity index (χ4v) is 1.79. The Morgan fingerprint density at radius 1 is 1.20 bits per heavy atom. The zero-order chi connectivity index (χ0) is 15.0. The van der Waals surface area contributed by atoms with Crippen LogP contribution in [-0.4, -0.2) is 20.3 Å². The topological polar surface area (TPSA) is 30.5 Å². The van der Waals surface area contributed by atoms with Gasteiger partial charge in [0.2, 0.25) is 0 Å². The Morgan fingerprint density at radius 2 is 1.95 bits per heavy atom. The van der Waals surface area contributed by atoms with Gasteiger partial charge in [0.15, 0.2) is 0 Å². The van der Waals surface area contributed by atoms with E-state index in [0.29, 0.717) is 11.8 Å². The first-order chi connectivity index (χ1) is 9.56. The number of hydrogen-bond donors (Lipinski definition) is 1. The number of ether oxygens (including phenoxy) is 2. The van der Waals surface area contributed by atoms with Crippen molar-refractivity contribution in [3.63, 3.8) is 0 Å². The second-order valence-corrected chi connectivity index (χ2v) is 5.82. The van der Waals surface area contributed by atoms with Gasteiger partial charge in [0.1, 0.15) is 11.5 Å². The highest BCUT2D eigenvalue weighted by Crippen LogP contribution is 2.25. The van der Waals surface area contributed by atoms with Gasteiger partial charge in [-0.1, -0.05) is 40.2 Å². The SMILES string of the molecule is CCC(C)COc1cc(OC)ccc1CNCC(C)C. The molecule has 0 aromatic heterocycles. The zero-order valence-corrected chi connectivity index (χ0v) is 13.5. The molecule has 0 aliphatic heterocycles. The Morgan fingerprint density at radius 3 is 2.55 bits per heavy atom. The average molecular weight is 279 g/mol. The molecule has 3 heteroatoms. The molecule has 0 saturated heterocycles. The Labute approximate surface area is 123 Å². The summed E-state index contributed by atoms with van der Waals surface area (Å²) in [7, 11) is 1.68. The van der Waals surface area contributed by atoms with E-state index in [0.717, 1.165) is 37.6 Å². The average Bonchev–Trinajstić information content (AvgIpc) is 2.45. The van der Waals surface area contributed by atoms with Crippen molar-refractivity contribution >= 4 is 0 Å². The van der Waals surface area contributed by atoms with Crippen molar-refractivity contribution in [2.24, 2.45) is 11.8 Å². The first-order valence-corrected chi connectivity index (χ1v) is 7.57. The maximum absolute atomic E-state index is 5.97. The van der Waals surface area contributed by atoms with Crippen LogP contribution in [0.1, 0.15) is 39.7 Å². The fraction of sp³-hybridized carbons (Fsp3) is 0.647. The van der Waals surface area contributed by atoms with Crippen LogP contribution in [0.4, 0.5) is 0 Å². The van der Waals surface area contributed by atoms with E-state index < -0.39 is 0 Å². The van der Waals surface area contributed by atoms with Crippen LogP contribution < -0.4 is 14.8 Å². The molecule has 1 rings (SSSR count). The van der Waals surface area contributed by atoms with Gasteiger partial charge >= 0.3 is 0 Å². The van der Waals surface area contributed by atoms with Crippen LogP contribution in [0.15, 0.2) is 18.2 Å². The van der Waals surface area contributed by atoms with E-state index in [-0.39, 0.29) is 0 Å². The number of methoxy groups -OCH3 is 1. The van der Waals surface area contributed by atoms with Crippen LogP contribution in [0.2, 0.25) is 0 Å². The predicted octanol–water partition coefficient (Wildman–Crippen LogP) is 3.87. The molecule has 0 spiro atoms.